The topological polar surface area (TPSA) is 64.0 Å². The first-order valence-corrected chi connectivity index (χ1v) is 9.95. The van der Waals surface area contributed by atoms with E-state index in [-0.39, 0.29) is 4.90 Å². The van der Waals surface area contributed by atoms with Gasteiger partial charge in [0.25, 0.3) is 0 Å². The summed E-state index contributed by atoms with van der Waals surface area (Å²) in [6.07, 6.45) is 12.5. The third-order valence-corrected chi connectivity index (χ3v) is 5.62. The standard InChI is InChI=1S/C16H31N3O2S/c1-4-5-6-7-8-9-10-11-12-13-18-22(20,21)16-14-17-19(3)15(16)2/h14,18H,4-13H2,1-3H3. The van der Waals surface area contributed by atoms with Crippen LogP contribution in [-0.4, -0.2) is 24.7 Å². The Morgan fingerprint density at radius 3 is 2.09 bits per heavy atom. The smallest absolute Gasteiger partial charge is 0.243 e. The van der Waals surface area contributed by atoms with E-state index in [0.29, 0.717) is 12.2 Å². The fourth-order valence-corrected chi connectivity index (χ4v) is 3.74. The normalized spacial score (nSPS) is 12.0. The monoisotopic (exact) mass is 329 g/mol. The lowest BCUT2D eigenvalue weighted by molar-refractivity contribution is 0.553. The molecule has 22 heavy (non-hydrogen) atoms. The number of rotatable bonds is 12. The molecular weight excluding hydrogens is 298 g/mol. The van der Waals surface area contributed by atoms with Gasteiger partial charge in [-0.25, -0.2) is 13.1 Å². The van der Waals surface area contributed by atoms with Crippen LogP contribution < -0.4 is 4.72 Å². The number of nitrogens with one attached hydrogen (secondary N) is 1. The highest BCUT2D eigenvalue weighted by molar-refractivity contribution is 7.89. The van der Waals surface area contributed by atoms with Crippen molar-refractivity contribution < 1.29 is 8.42 Å². The summed E-state index contributed by atoms with van der Waals surface area (Å²) in [5.74, 6) is 0. The average molecular weight is 330 g/mol. The Balaban J connectivity index is 2.13. The van der Waals surface area contributed by atoms with Gasteiger partial charge in [0.05, 0.1) is 11.9 Å². The highest BCUT2D eigenvalue weighted by Gasteiger charge is 2.18. The minimum absolute atomic E-state index is 0.283. The third-order valence-electron chi connectivity index (χ3n) is 4.05. The highest BCUT2D eigenvalue weighted by atomic mass is 32.2. The molecule has 0 saturated heterocycles. The Morgan fingerprint density at radius 2 is 1.59 bits per heavy atom. The number of aryl methyl sites for hydroxylation is 1. The predicted octanol–water partition coefficient (Wildman–Crippen LogP) is 3.54. The van der Waals surface area contributed by atoms with Crippen LogP contribution in [0.25, 0.3) is 0 Å². The molecule has 6 heteroatoms. The molecule has 0 aliphatic rings. The Hall–Kier alpha value is -0.880. The Morgan fingerprint density at radius 1 is 1.05 bits per heavy atom. The first-order chi connectivity index (χ1) is 10.5. The molecule has 1 aromatic heterocycles. The third kappa shape index (κ3) is 6.48. The summed E-state index contributed by atoms with van der Waals surface area (Å²) in [7, 11) is -1.67. The molecule has 1 heterocycles. The van der Waals surface area contributed by atoms with Crippen LogP contribution in [0, 0.1) is 6.92 Å². The van der Waals surface area contributed by atoms with Gasteiger partial charge in [-0.15, -0.1) is 0 Å². The molecule has 5 nitrogen and oxygen atoms in total. The maximum Gasteiger partial charge on any atom is 0.243 e. The fraction of sp³-hybridized carbons (Fsp3) is 0.812. The zero-order valence-electron chi connectivity index (χ0n) is 14.3. The number of hydrogen-bond donors (Lipinski definition) is 1. The summed E-state index contributed by atoms with van der Waals surface area (Å²) in [6.45, 7) is 4.50. The van der Waals surface area contributed by atoms with E-state index in [9.17, 15) is 8.42 Å². The SMILES string of the molecule is CCCCCCCCCCCNS(=O)(=O)c1cnn(C)c1C. The van der Waals surface area contributed by atoms with Crippen molar-refractivity contribution in [1.29, 1.82) is 0 Å². The molecule has 0 spiro atoms. The minimum atomic E-state index is -3.41. The molecule has 128 valence electrons. The van der Waals surface area contributed by atoms with Gasteiger partial charge in [0.1, 0.15) is 4.90 Å². The zero-order valence-corrected chi connectivity index (χ0v) is 15.1. The van der Waals surface area contributed by atoms with Crippen LogP contribution in [-0.2, 0) is 17.1 Å². The first kappa shape index (κ1) is 19.2. The van der Waals surface area contributed by atoms with Gasteiger partial charge in [-0.3, -0.25) is 4.68 Å². The predicted molar refractivity (Wildman–Crippen MR) is 90.4 cm³/mol. The quantitative estimate of drug-likeness (QED) is 0.597. The molecule has 1 aromatic rings. The lowest BCUT2D eigenvalue weighted by atomic mass is 10.1. The van der Waals surface area contributed by atoms with Crippen molar-refractivity contribution in [3.8, 4) is 0 Å². The van der Waals surface area contributed by atoms with Gasteiger partial charge in [-0.05, 0) is 13.3 Å². The average Bonchev–Trinajstić information content (AvgIpc) is 2.81. The van der Waals surface area contributed by atoms with E-state index in [0.717, 1.165) is 12.8 Å². The summed E-state index contributed by atoms with van der Waals surface area (Å²) in [5, 5.41) is 3.98. The number of hydrogen-bond acceptors (Lipinski definition) is 3. The van der Waals surface area contributed by atoms with E-state index in [2.05, 4.69) is 16.7 Å². The summed E-state index contributed by atoms with van der Waals surface area (Å²) < 4.78 is 28.5. The molecule has 0 bridgehead atoms. The summed E-state index contributed by atoms with van der Waals surface area (Å²) >= 11 is 0. The van der Waals surface area contributed by atoms with E-state index in [1.807, 2.05) is 0 Å². The van der Waals surface area contributed by atoms with Crippen molar-refractivity contribution in [2.45, 2.75) is 76.5 Å². The van der Waals surface area contributed by atoms with Crippen molar-refractivity contribution in [3.05, 3.63) is 11.9 Å². The molecule has 0 fully saturated rings. The van der Waals surface area contributed by atoms with Crippen LogP contribution in [0.1, 0.15) is 70.4 Å². The molecule has 0 atom stereocenters. The lowest BCUT2D eigenvalue weighted by Crippen LogP contribution is -2.25. The van der Waals surface area contributed by atoms with Crippen LogP contribution >= 0.6 is 0 Å². The second-order valence-corrected chi connectivity index (χ2v) is 7.68. The Bertz CT molecular complexity index is 523. The zero-order chi connectivity index (χ0) is 16.4. The molecule has 0 aromatic carbocycles. The van der Waals surface area contributed by atoms with Crippen LogP contribution in [0.4, 0.5) is 0 Å². The molecule has 1 rings (SSSR count). The van der Waals surface area contributed by atoms with Gasteiger partial charge in [-0.2, -0.15) is 5.10 Å². The van der Waals surface area contributed by atoms with E-state index in [1.54, 1.807) is 18.7 Å². The van der Waals surface area contributed by atoms with E-state index < -0.39 is 10.0 Å². The maximum absolute atomic E-state index is 12.1. The van der Waals surface area contributed by atoms with Crippen molar-refractivity contribution in [3.63, 3.8) is 0 Å². The van der Waals surface area contributed by atoms with Crippen LogP contribution in [0.2, 0.25) is 0 Å². The molecular formula is C16H31N3O2S. The Labute approximate surface area is 135 Å². The maximum atomic E-state index is 12.1. The molecule has 0 aliphatic carbocycles. The number of unbranched alkanes of at least 4 members (excludes halogenated alkanes) is 8. The number of sulfonamides is 1. The van der Waals surface area contributed by atoms with Crippen molar-refractivity contribution in [1.82, 2.24) is 14.5 Å². The molecule has 0 saturated carbocycles. The lowest BCUT2D eigenvalue weighted by Gasteiger charge is -2.06. The molecule has 0 aliphatic heterocycles. The van der Waals surface area contributed by atoms with Crippen molar-refractivity contribution in [2.24, 2.45) is 7.05 Å². The number of aromatic nitrogens is 2. The van der Waals surface area contributed by atoms with E-state index in [1.165, 1.54) is 51.1 Å². The minimum Gasteiger partial charge on any atom is -0.272 e. The summed E-state index contributed by atoms with van der Waals surface area (Å²) in [4.78, 5) is 0.283. The molecule has 1 N–H and O–H groups in total. The van der Waals surface area contributed by atoms with Crippen LogP contribution in [0.3, 0.4) is 0 Å². The van der Waals surface area contributed by atoms with Gasteiger partial charge in [0, 0.05) is 13.6 Å². The van der Waals surface area contributed by atoms with E-state index in [4.69, 9.17) is 0 Å². The van der Waals surface area contributed by atoms with Crippen LogP contribution in [0.15, 0.2) is 11.1 Å². The van der Waals surface area contributed by atoms with Gasteiger partial charge in [0.15, 0.2) is 0 Å². The largest absolute Gasteiger partial charge is 0.272 e. The first-order valence-electron chi connectivity index (χ1n) is 8.47. The summed E-state index contributed by atoms with van der Waals surface area (Å²) in [5.41, 5.74) is 0.666. The van der Waals surface area contributed by atoms with Crippen molar-refractivity contribution in [2.75, 3.05) is 6.54 Å². The molecule has 0 radical (unpaired) electrons. The fourth-order valence-electron chi connectivity index (χ4n) is 2.46. The summed E-state index contributed by atoms with van der Waals surface area (Å²) in [6, 6.07) is 0. The van der Waals surface area contributed by atoms with Gasteiger partial charge in [-0.1, -0.05) is 58.3 Å². The van der Waals surface area contributed by atoms with Crippen LogP contribution in [0.5, 0.6) is 0 Å². The molecule has 0 amide bonds. The number of nitrogens with zero attached hydrogens (tertiary/aromatic N) is 2. The second-order valence-electron chi connectivity index (χ2n) is 5.94. The Kier molecular flexibility index (Phi) is 8.71. The van der Waals surface area contributed by atoms with E-state index >= 15 is 0 Å². The second kappa shape index (κ2) is 10.0. The molecule has 0 unspecified atom stereocenters. The highest BCUT2D eigenvalue weighted by Crippen LogP contribution is 2.13. The van der Waals surface area contributed by atoms with Gasteiger partial charge >= 0.3 is 0 Å². The van der Waals surface area contributed by atoms with Gasteiger partial charge in [0.2, 0.25) is 10.0 Å². The van der Waals surface area contributed by atoms with Gasteiger partial charge < -0.3 is 0 Å². The van der Waals surface area contributed by atoms with Crippen molar-refractivity contribution >= 4 is 10.0 Å².